The third-order valence-corrected chi connectivity index (χ3v) is 2.74. The van der Waals surface area contributed by atoms with E-state index in [-0.39, 0.29) is 51.4 Å². The number of carbonyl (C=O) groups is 3. The molecule has 0 saturated heterocycles. The summed E-state index contributed by atoms with van der Waals surface area (Å²) < 4.78 is 0. The summed E-state index contributed by atoms with van der Waals surface area (Å²) in [5.74, 6) is -3.39. The van der Waals surface area contributed by atoms with E-state index in [4.69, 9.17) is 20.6 Å². The van der Waals surface area contributed by atoms with Gasteiger partial charge in [-0.3, -0.25) is 19.3 Å². The summed E-state index contributed by atoms with van der Waals surface area (Å²) in [5.41, 5.74) is 0. The van der Waals surface area contributed by atoms with Crippen LogP contribution in [0.5, 0.6) is 0 Å². The van der Waals surface area contributed by atoms with Crippen LogP contribution in [0, 0.1) is 0 Å². The molecule has 0 saturated carbocycles. The van der Waals surface area contributed by atoms with Crippen molar-refractivity contribution in [2.75, 3.05) is 32.7 Å². The van der Waals surface area contributed by atoms with Crippen molar-refractivity contribution in [3.05, 3.63) is 12.5 Å². The molecule has 22 heavy (non-hydrogen) atoms. The minimum atomic E-state index is -1.11. The molecule has 10 heteroatoms. The minimum absolute atomic E-state index is 0.00850. The van der Waals surface area contributed by atoms with E-state index in [9.17, 15) is 14.4 Å². The van der Waals surface area contributed by atoms with Crippen molar-refractivity contribution in [2.24, 2.45) is 0 Å². The van der Waals surface area contributed by atoms with Gasteiger partial charge >= 0.3 is 17.9 Å². The van der Waals surface area contributed by atoms with Crippen molar-refractivity contribution in [3.8, 4) is 0 Å². The lowest BCUT2D eigenvalue weighted by molar-refractivity contribution is -0.224. The van der Waals surface area contributed by atoms with E-state index in [1.807, 2.05) is 0 Å². The average molecular weight is 320 g/mol. The maximum atomic E-state index is 10.7. The summed E-state index contributed by atoms with van der Waals surface area (Å²) in [7, 11) is 0. The molecular weight excluding hydrogens is 300 g/mol. The first-order chi connectivity index (χ1) is 10.3. The van der Waals surface area contributed by atoms with Crippen LogP contribution in [0.4, 0.5) is 0 Å². The molecule has 0 fully saturated rings. The predicted molar refractivity (Wildman–Crippen MR) is 73.0 cm³/mol. The molecule has 0 heterocycles. The molecule has 0 aromatic heterocycles. The zero-order valence-corrected chi connectivity index (χ0v) is 12.0. The fourth-order valence-electron chi connectivity index (χ4n) is 1.63. The van der Waals surface area contributed by atoms with Crippen LogP contribution < -0.4 is 0 Å². The number of rotatable bonds is 13. The quantitative estimate of drug-likeness (QED) is 0.200. The largest absolute Gasteiger partial charge is 0.481 e. The first-order valence-corrected chi connectivity index (χ1v) is 6.39. The summed E-state index contributed by atoms with van der Waals surface area (Å²) in [6.07, 6.45) is -0.448. The van der Waals surface area contributed by atoms with E-state index < -0.39 is 17.9 Å². The Hall–Kier alpha value is -2.33. The van der Waals surface area contributed by atoms with Crippen LogP contribution in [0.25, 0.3) is 0 Å². The van der Waals surface area contributed by atoms with Gasteiger partial charge in [0.2, 0.25) is 5.88 Å². The topological polar surface area (TPSA) is 148 Å². The first kappa shape index (κ1) is 19.7. The Bertz CT molecular complexity index is 412. The van der Waals surface area contributed by atoms with Gasteiger partial charge in [0.05, 0.1) is 19.4 Å². The molecule has 126 valence electrons. The molecule has 0 unspecified atom stereocenters. The molecule has 10 nitrogen and oxygen atoms in total. The van der Waals surface area contributed by atoms with Gasteiger partial charge in [0.15, 0.2) is 0 Å². The molecule has 0 aliphatic heterocycles. The molecule has 0 atom stereocenters. The van der Waals surface area contributed by atoms with Crippen molar-refractivity contribution in [1.29, 1.82) is 0 Å². The van der Waals surface area contributed by atoms with Crippen LogP contribution in [-0.4, -0.2) is 81.0 Å². The molecule has 0 aliphatic carbocycles. The van der Waals surface area contributed by atoms with Gasteiger partial charge in [0, 0.05) is 26.2 Å². The second-order valence-electron chi connectivity index (χ2n) is 4.43. The number of carboxylic acid groups (broad SMARTS) is 3. The van der Waals surface area contributed by atoms with Crippen LogP contribution in [0.15, 0.2) is 12.5 Å². The van der Waals surface area contributed by atoms with E-state index in [2.05, 4.69) is 11.5 Å². The zero-order chi connectivity index (χ0) is 17.1. The Morgan fingerprint density at radius 2 is 1.41 bits per heavy atom. The SMILES string of the molecule is C=C(OO)N(CCC(=O)O)CCN(CCC(=O)O)CC(=O)O. The Balaban J connectivity index is 4.56. The van der Waals surface area contributed by atoms with Crippen molar-refractivity contribution < 1.29 is 39.8 Å². The van der Waals surface area contributed by atoms with Crippen LogP contribution in [0.1, 0.15) is 12.8 Å². The average Bonchev–Trinajstić information content (AvgIpc) is 2.42. The van der Waals surface area contributed by atoms with Crippen LogP contribution >= 0.6 is 0 Å². The lowest BCUT2D eigenvalue weighted by Gasteiger charge is -2.27. The van der Waals surface area contributed by atoms with E-state index in [0.717, 1.165) is 0 Å². The van der Waals surface area contributed by atoms with Gasteiger partial charge in [0.25, 0.3) is 0 Å². The zero-order valence-electron chi connectivity index (χ0n) is 12.0. The Morgan fingerprint density at radius 1 is 0.864 bits per heavy atom. The van der Waals surface area contributed by atoms with Gasteiger partial charge in [0.1, 0.15) is 0 Å². The lowest BCUT2D eigenvalue weighted by Crippen LogP contribution is -2.39. The highest BCUT2D eigenvalue weighted by Crippen LogP contribution is 2.05. The van der Waals surface area contributed by atoms with E-state index in [1.165, 1.54) is 9.80 Å². The molecule has 0 aliphatic rings. The maximum absolute atomic E-state index is 10.7. The van der Waals surface area contributed by atoms with Crippen molar-refractivity contribution in [2.45, 2.75) is 12.8 Å². The van der Waals surface area contributed by atoms with Crippen LogP contribution in [0.2, 0.25) is 0 Å². The normalized spacial score (nSPS) is 10.3. The predicted octanol–water partition coefficient (Wildman–Crippen LogP) is -0.415. The van der Waals surface area contributed by atoms with E-state index in [1.54, 1.807) is 0 Å². The highest BCUT2D eigenvalue weighted by atomic mass is 17.1. The summed E-state index contributed by atoms with van der Waals surface area (Å²) in [6, 6.07) is 0. The molecule has 0 rings (SSSR count). The number of carboxylic acids is 3. The van der Waals surface area contributed by atoms with Crippen molar-refractivity contribution in [3.63, 3.8) is 0 Å². The number of hydrogen-bond acceptors (Lipinski definition) is 7. The standard InChI is InChI=1S/C12H20N2O8/c1-9(22-21)14(5-3-11(17)18)7-6-13(8-12(19)20)4-2-10(15)16/h21H,1-8H2,(H,15,16)(H,17,18)(H,19,20). The van der Waals surface area contributed by atoms with Gasteiger partial charge in [-0.25, -0.2) is 5.26 Å². The van der Waals surface area contributed by atoms with Crippen molar-refractivity contribution in [1.82, 2.24) is 9.80 Å². The smallest absolute Gasteiger partial charge is 0.317 e. The lowest BCUT2D eigenvalue weighted by atomic mass is 10.3. The maximum Gasteiger partial charge on any atom is 0.317 e. The van der Waals surface area contributed by atoms with E-state index in [0.29, 0.717) is 0 Å². The monoisotopic (exact) mass is 320 g/mol. The summed E-state index contributed by atoms with van der Waals surface area (Å²) in [5, 5.41) is 34.6. The fourth-order valence-corrected chi connectivity index (χ4v) is 1.63. The second-order valence-corrected chi connectivity index (χ2v) is 4.43. The fraction of sp³-hybridized carbons (Fsp3) is 0.583. The summed E-state index contributed by atoms with van der Waals surface area (Å²) in [6.45, 7) is 3.34. The van der Waals surface area contributed by atoms with Crippen LogP contribution in [-0.2, 0) is 19.3 Å². The molecule has 0 aromatic carbocycles. The van der Waals surface area contributed by atoms with Gasteiger partial charge in [-0.2, -0.15) is 0 Å². The van der Waals surface area contributed by atoms with Gasteiger partial charge in [-0.05, 0) is 6.58 Å². The number of aliphatic carboxylic acids is 3. The van der Waals surface area contributed by atoms with Gasteiger partial charge in [-0.15, -0.1) is 0 Å². The Kier molecular flexibility index (Phi) is 9.30. The molecular formula is C12H20N2O8. The summed E-state index contributed by atoms with van der Waals surface area (Å²) >= 11 is 0. The van der Waals surface area contributed by atoms with E-state index >= 15 is 0 Å². The first-order valence-electron chi connectivity index (χ1n) is 6.39. The van der Waals surface area contributed by atoms with Gasteiger partial charge < -0.3 is 25.1 Å². The molecule has 0 bridgehead atoms. The second kappa shape index (κ2) is 10.4. The third-order valence-electron chi connectivity index (χ3n) is 2.74. The summed E-state index contributed by atoms with van der Waals surface area (Å²) in [4.78, 5) is 38.5. The van der Waals surface area contributed by atoms with Crippen LogP contribution in [0.3, 0.4) is 0 Å². The molecule has 4 N–H and O–H groups in total. The number of nitrogens with zero attached hydrogens (tertiary/aromatic N) is 2. The third kappa shape index (κ3) is 9.55. The Labute approximate surface area is 126 Å². The van der Waals surface area contributed by atoms with Crippen molar-refractivity contribution >= 4 is 17.9 Å². The van der Waals surface area contributed by atoms with Gasteiger partial charge in [-0.1, -0.05) is 0 Å². The molecule has 0 amide bonds. The number of hydrogen-bond donors (Lipinski definition) is 4. The minimum Gasteiger partial charge on any atom is -0.481 e. The molecule has 0 spiro atoms. The molecule has 0 aromatic rings. The Morgan fingerprint density at radius 3 is 1.86 bits per heavy atom. The highest BCUT2D eigenvalue weighted by molar-refractivity contribution is 5.69. The highest BCUT2D eigenvalue weighted by Gasteiger charge is 2.16. The molecule has 0 radical (unpaired) electrons.